The van der Waals surface area contributed by atoms with E-state index in [4.69, 9.17) is 5.73 Å². The van der Waals surface area contributed by atoms with E-state index in [0.717, 1.165) is 45.4 Å². The first-order valence-corrected chi connectivity index (χ1v) is 8.45. The summed E-state index contributed by atoms with van der Waals surface area (Å²) in [6.07, 6.45) is 6.39. The number of nitrogens with two attached hydrogens (primary N) is 1. The number of hydrogen-bond donors (Lipinski definition) is 2. The normalized spacial score (nSPS) is 32.0. The smallest absolute Gasteiger partial charge is 0.220 e. The van der Waals surface area contributed by atoms with E-state index >= 15 is 0 Å². The summed E-state index contributed by atoms with van der Waals surface area (Å²) in [4.78, 5) is 16.7. The maximum Gasteiger partial charge on any atom is 0.220 e. The number of carbonyl (C=O) groups excluding carboxylic acids is 1. The molecule has 3 N–H and O–H groups in total. The van der Waals surface area contributed by atoms with Gasteiger partial charge in [-0.1, -0.05) is 12.8 Å². The molecule has 1 heterocycles. The summed E-state index contributed by atoms with van der Waals surface area (Å²) in [5.41, 5.74) is 6.01. The summed E-state index contributed by atoms with van der Waals surface area (Å²) in [6, 6.07) is 0.800. The molecule has 0 aromatic heterocycles. The number of carbonyl (C=O) groups is 1. The number of amides is 1. The molecular formula is C16H32N4O. The van der Waals surface area contributed by atoms with E-state index in [1.807, 2.05) is 0 Å². The summed E-state index contributed by atoms with van der Waals surface area (Å²) < 4.78 is 0. The van der Waals surface area contributed by atoms with Gasteiger partial charge in [0.2, 0.25) is 5.91 Å². The van der Waals surface area contributed by atoms with Gasteiger partial charge in [0.15, 0.2) is 0 Å². The topological polar surface area (TPSA) is 61.6 Å². The Bertz CT molecular complexity index is 336. The molecule has 0 bridgehead atoms. The Balaban J connectivity index is 1.63. The fourth-order valence-corrected chi connectivity index (χ4v) is 3.57. The molecule has 2 rings (SSSR count). The van der Waals surface area contributed by atoms with Crippen LogP contribution in [0.15, 0.2) is 0 Å². The van der Waals surface area contributed by atoms with Crippen LogP contribution in [0.1, 0.15) is 38.5 Å². The number of likely N-dealkylation sites (N-methyl/N-ethyl adjacent to an activating group) is 2. The van der Waals surface area contributed by atoms with Crippen LogP contribution in [-0.4, -0.2) is 68.1 Å². The molecule has 122 valence electrons. The average Bonchev–Trinajstić information content (AvgIpc) is 2.46. The van der Waals surface area contributed by atoms with Crippen molar-refractivity contribution in [3.05, 3.63) is 0 Å². The van der Waals surface area contributed by atoms with E-state index in [9.17, 15) is 4.79 Å². The van der Waals surface area contributed by atoms with Crippen molar-refractivity contribution >= 4 is 5.91 Å². The number of hydrogen-bond acceptors (Lipinski definition) is 4. The van der Waals surface area contributed by atoms with Gasteiger partial charge in [0.25, 0.3) is 0 Å². The zero-order valence-electron chi connectivity index (χ0n) is 13.7. The summed E-state index contributed by atoms with van der Waals surface area (Å²) >= 11 is 0. The molecule has 0 aromatic rings. The van der Waals surface area contributed by atoms with Crippen LogP contribution >= 0.6 is 0 Å². The third kappa shape index (κ3) is 5.57. The first kappa shape index (κ1) is 16.7. The number of nitrogens with one attached hydrogen (secondary N) is 1. The van der Waals surface area contributed by atoms with Gasteiger partial charge >= 0.3 is 0 Å². The summed E-state index contributed by atoms with van der Waals surface area (Å²) in [5.74, 6) is 0.860. The molecule has 0 radical (unpaired) electrons. The van der Waals surface area contributed by atoms with Gasteiger partial charge in [-0.15, -0.1) is 0 Å². The van der Waals surface area contributed by atoms with Crippen LogP contribution in [0.4, 0.5) is 0 Å². The summed E-state index contributed by atoms with van der Waals surface area (Å²) in [6.45, 7) is 4.00. The van der Waals surface area contributed by atoms with E-state index in [-0.39, 0.29) is 5.91 Å². The molecule has 1 amide bonds. The molecule has 3 atom stereocenters. The van der Waals surface area contributed by atoms with Crippen LogP contribution in [0.3, 0.4) is 0 Å². The van der Waals surface area contributed by atoms with Crippen LogP contribution < -0.4 is 11.1 Å². The van der Waals surface area contributed by atoms with E-state index in [2.05, 4.69) is 29.2 Å². The van der Waals surface area contributed by atoms with Crippen LogP contribution in [-0.2, 0) is 4.79 Å². The fraction of sp³-hybridized carbons (Fsp3) is 0.938. The van der Waals surface area contributed by atoms with Gasteiger partial charge in [0, 0.05) is 44.7 Å². The van der Waals surface area contributed by atoms with Crippen LogP contribution in [0, 0.1) is 5.92 Å². The molecule has 2 fully saturated rings. The molecule has 0 aromatic carbocycles. The molecule has 1 aliphatic carbocycles. The molecular weight excluding hydrogens is 264 g/mol. The lowest BCUT2D eigenvalue weighted by atomic mass is 9.83. The first-order valence-electron chi connectivity index (χ1n) is 8.45. The van der Waals surface area contributed by atoms with Crippen LogP contribution in [0.25, 0.3) is 0 Å². The highest BCUT2D eigenvalue weighted by Gasteiger charge is 2.23. The molecule has 1 aliphatic heterocycles. The number of rotatable bonds is 5. The van der Waals surface area contributed by atoms with Gasteiger partial charge in [0.1, 0.15) is 0 Å². The maximum atomic E-state index is 12.0. The van der Waals surface area contributed by atoms with E-state index < -0.39 is 0 Å². The summed E-state index contributed by atoms with van der Waals surface area (Å²) in [5, 5.41) is 3.12. The highest BCUT2D eigenvalue weighted by atomic mass is 16.1. The van der Waals surface area contributed by atoms with E-state index in [0.29, 0.717) is 24.4 Å². The summed E-state index contributed by atoms with van der Waals surface area (Å²) in [7, 11) is 4.29. The van der Waals surface area contributed by atoms with Crippen molar-refractivity contribution in [2.24, 2.45) is 11.7 Å². The van der Waals surface area contributed by atoms with Gasteiger partial charge < -0.3 is 16.0 Å². The Hall–Kier alpha value is -0.650. The van der Waals surface area contributed by atoms with Gasteiger partial charge in [-0.25, -0.2) is 0 Å². The second-order valence-corrected chi connectivity index (χ2v) is 7.03. The quantitative estimate of drug-likeness (QED) is 0.782. The highest BCUT2D eigenvalue weighted by Crippen LogP contribution is 2.26. The number of nitrogens with zero attached hydrogens (tertiary/aromatic N) is 2. The highest BCUT2D eigenvalue weighted by molar-refractivity contribution is 5.75. The second-order valence-electron chi connectivity index (χ2n) is 7.03. The maximum absolute atomic E-state index is 12.0. The lowest BCUT2D eigenvalue weighted by Crippen LogP contribution is -2.54. The third-order valence-electron chi connectivity index (χ3n) is 5.12. The Kier molecular flexibility index (Phi) is 6.45. The Morgan fingerprint density at radius 1 is 1.29 bits per heavy atom. The van der Waals surface area contributed by atoms with Crippen molar-refractivity contribution in [1.29, 1.82) is 0 Å². The van der Waals surface area contributed by atoms with Crippen molar-refractivity contribution in [3.8, 4) is 0 Å². The largest absolute Gasteiger partial charge is 0.354 e. The predicted octanol–water partition coefficient (Wildman–Crippen LogP) is 0.646. The standard InChI is InChI=1S/C16H32N4O/c1-19-8-9-20(2)15(12-19)11-18-16(21)7-6-13-4-3-5-14(17)10-13/h13-15H,3-12,17H2,1-2H3,(H,18,21). The molecule has 1 saturated heterocycles. The van der Waals surface area contributed by atoms with Gasteiger partial charge in [-0.05, 0) is 39.3 Å². The van der Waals surface area contributed by atoms with Crippen molar-refractivity contribution in [3.63, 3.8) is 0 Å². The van der Waals surface area contributed by atoms with Gasteiger partial charge in [-0.3, -0.25) is 9.69 Å². The Morgan fingerprint density at radius 2 is 2.10 bits per heavy atom. The lowest BCUT2D eigenvalue weighted by molar-refractivity contribution is -0.121. The van der Waals surface area contributed by atoms with Crippen molar-refractivity contribution < 1.29 is 4.79 Å². The molecule has 3 unspecified atom stereocenters. The van der Waals surface area contributed by atoms with Crippen LogP contribution in [0.5, 0.6) is 0 Å². The van der Waals surface area contributed by atoms with Crippen molar-refractivity contribution in [1.82, 2.24) is 15.1 Å². The SMILES string of the molecule is CN1CCN(C)C(CNC(=O)CCC2CCCC(N)C2)C1. The second kappa shape index (κ2) is 8.11. The predicted molar refractivity (Wildman–Crippen MR) is 86.1 cm³/mol. The van der Waals surface area contributed by atoms with Gasteiger partial charge in [0.05, 0.1) is 0 Å². The minimum absolute atomic E-state index is 0.204. The minimum atomic E-state index is 0.204. The lowest BCUT2D eigenvalue weighted by Gasteiger charge is -2.37. The zero-order chi connectivity index (χ0) is 15.2. The molecule has 0 spiro atoms. The Morgan fingerprint density at radius 3 is 2.86 bits per heavy atom. The molecule has 5 heteroatoms. The van der Waals surface area contributed by atoms with Gasteiger partial charge in [-0.2, -0.15) is 0 Å². The van der Waals surface area contributed by atoms with E-state index in [1.54, 1.807) is 0 Å². The molecule has 1 saturated carbocycles. The van der Waals surface area contributed by atoms with E-state index in [1.165, 1.54) is 12.8 Å². The Labute approximate surface area is 129 Å². The zero-order valence-corrected chi connectivity index (χ0v) is 13.7. The average molecular weight is 296 g/mol. The molecule has 21 heavy (non-hydrogen) atoms. The third-order valence-corrected chi connectivity index (χ3v) is 5.12. The molecule has 5 nitrogen and oxygen atoms in total. The fourth-order valence-electron chi connectivity index (χ4n) is 3.57. The van der Waals surface area contributed by atoms with Crippen molar-refractivity contribution in [2.45, 2.75) is 50.6 Å². The monoisotopic (exact) mass is 296 g/mol. The van der Waals surface area contributed by atoms with Crippen molar-refractivity contribution in [2.75, 3.05) is 40.3 Å². The minimum Gasteiger partial charge on any atom is -0.354 e. The molecule has 2 aliphatic rings. The first-order chi connectivity index (χ1) is 10.0. The van der Waals surface area contributed by atoms with Crippen LogP contribution in [0.2, 0.25) is 0 Å². The number of piperazine rings is 1.